The molecule has 0 spiro atoms. The summed E-state index contributed by atoms with van der Waals surface area (Å²) in [4.78, 5) is 16.6. The van der Waals surface area contributed by atoms with Gasteiger partial charge in [0, 0.05) is 11.3 Å². The highest BCUT2D eigenvalue weighted by atomic mass is 32.1. The molecule has 1 N–H and O–H groups in total. The molecule has 0 aliphatic heterocycles. The summed E-state index contributed by atoms with van der Waals surface area (Å²) in [5.41, 5.74) is 2.38. The van der Waals surface area contributed by atoms with Crippen molar-refractivity contribution in [2.24, 2.45) is 0 Å². The molecule has 0 bridgehead atoms. The van der Waals surface area contributed by atoms with Crippen molar-refractivity contribution in [3.05, 3.63) is 51.5 Å². The summed E-state index contributed by atoms with van der Waals surface area (Å²) in [6.45, 7) is 4.22. The first-order chi connectivity index (χ1) is 10.1. The van der Waals surface area contributed by atoms with Gasteiger partial charge >= 0.3 is 5.97 Å². The largest absolute Gasteiger partial charge is 0.481 e. The van der Waals surface area contributed by atoms with Crippen LogP contribution in [0, 0.1) is 0 Å². The van der Waals surface area contributed by atoms with Gasteiger partial charge in [-0.15, -0.1) is 11.3 Å². The van der Waals surface area contributed by atoms with Crippen molar-refractivity contribution >= 4 is 17.3 Å². The first-order valence-electron chi connectivity index (χ1n) is 7.30. The summed E-state index contributed by atoms with van der Waals surface area (Å²) in [5, 5.41) is 9.96. The van der Waals surface area contributed by atoms with E-state index >= 15 is 0 Å². The Bertz CT molecular complexity index is 590. The number of nitrogens with zero attached hydrogens (tertiary/aromatic N) is 1. The molecular formula is C17H21NO2S. The molecule has 0 radical (unpaired) electrons. The molecule has 4 heteroatoms. The highest BCUT2D eigenvalue weighted by Crippen LogP contribution is 2.27. The Balaban J connectivity index is 2.06. The van der Waals surface area contributed by atoms with E-state index in [0.717, 1.165) is 28.4 Å². The minimum atomic E-state index is -0.746. The standard InChI is InChI=1S/C17H21NO2S/c1-12(2)17-14(9-11-16(19)20)21-15(18-17)10-8-13-6-4-3-5-7-13/h3-7,12H,8-11H2,1-2H3,(H,19,20). The van der Waals surface area contributed by atoms with E-state index in [4.69, 9.17) is 10.1 Å². The Kier molecular flexibility index (Phi) is 5.51. The summed E-state index contributed by atoms with van der Waals surface area (Å²) in [5.74, 6) is -0.403. The Labute approximate surface area is 129 Å². The normalized spacial score (nSPS) is 11.0. The van der Waals surface area contributed by atoms with E-state index in [1.54, 1.807) is 11.3 Å². The van der Waals surface area contributed by atoms with Gasteiger partial charge in [0.1, 0.15) is 0 Å². The van der Waals surface area contributed by atoms with Crippen LogP contribution in [0.4, 0.5) is 0 Å². The van der Waals surface area contributed by atoms with Gasteiger partial charge in [0.2, 0.25) is 0 Å². The minimum Gasteiger partial charge on any atom is -0.481 e. The zero-order chi connectivity index (χ0) is 15.2. The van der Waals surface area contributed by atoms with Crippen LogP contribution in [0.3, 0.4) is 0 Å². The molecule has 0 saturated heterocycles. The maximum Gasteiger partial charge on any atom is 0.303 e. The number of carbonyl (C=O) groups is 1. The van der Waals surface area contributed by atoms with Crippen molar-refractivity contribution < 1.29 is 9.90 Å². The molecule has 0 saturated carbocycles. The summed E-state index contributed by atoms with van der Waals surface area (Å²) >= 11 is 1.67. The lowest BCUT2D eigenvalue weighted by atomic mass is 10.1. The number of carboxylic acid groups (broad SMARTS) is 1. The molecule has 3 nitrogen and oxygen atoms in total. The maximum absolute atomic E-state index is 10.8. The van der Waals surface area contributed by atoms with Gasteiger partial charge in [0.25, 0.3) is 0 Å². The molecule has 21 heavy (non-hydrogen) atoms. The third-order valence-electron chi connectivity index (χ3n) is 3.36. The molecule has 1 heterocycles. The number of benzene rings is 1. The van der Waals surface area contributed by atoms with Crippen LogP contribution in [-0.2, 0) is 24.1 Å². The van der Waals surface area contributed by atoms with Crippen LogP contribution in [-0.4, -0.2) is 16.1 Å². The smallest absolute Gasteiger partial charge is 0.303 e. The van der Waals surface area contributed by atoms with Gasteiger partial charge in [-0.05, 0) is 24.3 Å². The molecule has 0 aliphatic carbocycles. The van der Waals surface area contributed by atoms with Crippen LogP contribution < -0.4 is 0 Å². The number of thiazole rings is 1. The Morgan fingerprint density at radius 2 is 1.90 bits per heavy atom. The van der Waals surface area contributed by atoms with Crippen LogP contribution >= 0.6 is 11.3 Å². The number of carboxylic acids is 1. The predicted molar refractivity (Wildman–Crippen MR) is 86.0 cm³/mol. The van der Waals surface area contributed by atoms with Gasteiger partial charge in [0.15, 0.2) is 0 Å². The zero-order valence-corrected chi connectivity index (χ0v) is 13.3. The molecular weight excluding hydrogens is 282 g/mol. The topological polar surface area (TPSA) is 50.2 Å². The second-order valence-electron chi connectivity index (χ2n) is 5.45. The number of aryl methyl sites for hydroxylation is 3. The molecule has 1 aromatic carbocycles. The van der Waals surface area contributed by atoms with Crippen molar-refractivity contribution in [3.8, 4) is 0 Å². The molecule has 0 fully saturated rings. The lowest BCUT2D eigenvalue weighted by Crippen LogP contribution is -1.99. The number of rotatable bonds is 7. The van der Waals surface area contributed by atoms with E-state index in [9.17, 15) is 4.79 Å². The fourth-order valence-electron chi connectivity index (χ4n) is 2.27. The van der Waals surface area contributed by atoms with E-state index in [0.29, 0.717) is 12.3 Å². The summed E-state index contributed by atoms with van der Waals surface area (Å²) in [6, 6.07) is 10.4. The molecule has 112 valence electrons. The SMILES string of the molecule is CC(C)c1nc(CCc2ccccc2)sc1CCC(=O)O. The number of aliphatic carboxylic acids is 1. The minimum absolute atomic E-state index is 0.181. The molecule has 2 rings (SSSR count). The van der Waals surface area contributed by atoms with Gasteiger partial charge in [-0.1, -0.05) is 44.2 Å². The van der Waals surface area contributed by atoms with Gasteiger partial charge in [-0.25, -0.2) is 4.98 Å². The van der Waals surface area contributed by atoms with Crippen LogP contribution in [0.25, 0.3) is 0 Å². The number of aromatic nitrogens is 1. The van der Waals surface area contributed by atoms with Crippen molar-refractivity contribution in [3.63, 3.8) is 0 Å². The second-order valence-corrected chi connectivity index (χ2v) is 6.62. The van der Waals surface area contributed by atoms with Crippen molar-refractivity contribution in [1.29, 1.82) is 0 Å². The van der Waals surface area contributed by atoms with E-state index < -0.39 is 5.97 Å². The lowest BCUT2D eigenvalue weighted by molar-refractivity contribution is -0.136. The highest BCUT2D eigenvalue weighted by Gasteiger charge is 2.15. The van der Waals surface area contributed by atoms with Crippen molar-refractivity contribution in [2.75, 3.05) is 0 Å². The first-order valence-corrected chi connectivity index (χ1v) is 8.12. The summed E-state index contributed by atoms with van der Waals surface area (Å²) in [7, 11) is 0. The summed E-state index contributed by atoms with van der Waals surface area (Å²) in [6.07, 6.45) is 2.66. The van der Waals surface area contributed by atoms with Gasteiger partial charge in [-0.2, -0.15) is 0 Å². The fourth-order valence-corrected chi connectivity index (χ4v) is 3.49. The van der Waals surface area contributed by atoms with Crippen LogP contribution in [0.5, 0.6) is 0 Å². The lowest BCUT2D eigenvalue weighted by Gasteiger charge is -2.03. The Morgan fingerprint density at radius 3 is 2.52 bits per heavy atom. The third kappa shape index (κ3) is 4.67. The maximum atomic E-state index is 10.8. The van der Waals surface area contributed by atoms with Gasteiger partial charge < -0.3 is 5.11 Å². The van der Waals surface area contributed by atoms with Crippen LogP contribution in [0.2, 0.25) is 0 Å². The third-order valence-corrected chi connectivity index (χ3v) is 4.55. The molecule has 0 aliphatic rings. The number of hydrogen-bond donors (Lipinski definition) is 1. The molecule has 0 amide bonds. The van der Waals surface area contributed by atoms with E-state index in [2.05, 4.69) is 38.1 Å². The average molecular weight is 303 g/mol. The monoisotopic (exact) mass is 303 g/mol. The van der Waals surface area contributed by atoms with Crippen molar-refractivity contribution in [1.82, 2.24) is 4.98 Å². The molecule has 0 unspecified atom stereocenters. The molecule has 0 atom stereocenters. The Morgan fingerprint density at radius 1 is 1.19 bits per heavy atom. The fraction of sp³-hybridized carbons (Fsp3) is 0.412. The molecule has 1 aromatic heterocycles. The molecule has 2 aromatic rings. The first kappa shape index (κ1) is 15.7. The van der Waals surface area contributed by atoms with Gasteiger partial charge in [0.05, 0.1) is 17.1 Å². The quantitative estimate of drug-likeness (QED) is 0.839. The van der Waals surface area contributed by atoms with Crippen molar-refractivity contribution in [2.45, 2.75) is 45.4 Å². The van der Waals surface area contributed by atoms with Crippen LogP contribution in [0.15, 0.2) is 30.3 Å². The zero-order valence-electron chi connectivity index (χ0n) is 12.5. The Hall–Kier alpha value is -1.68. The van der Waals surface area contributed by atoms with E-state index in [-0.39, 0.29) is 6.42 Å². The second kappa shape index (κ2) is 7.36. The number of hydrogen-bond acceptors (Lipinski definition) is 3. The van der Waals surface area contributed by atoms with Crippen LogP contribution in [0.1, 0.15) is 47.3 Å². The predicted octanol–water partition coefficient (Wildman–Crippen LogP) is 4.07. The van der Waals surface area contributed by atoms with E-state index in [1.165, 1.54) is 5.56 Å². The average Bonchev–Trinajstić information content (AvgIpc) is 2.87. The van der Waals surface area contributed by atoms with Gasteiger partial charge in [-0.3, -0.25) is 4.79 Å². The summed E-state index contributed by atoms with van der Waals surface area (Å²) < 4.78 is 0. The van der Waals surface area contributed by atoms with E-state index in [1.807, 2.05) is 6.07 Å². The highest BCUT2D eigenvalue weighted by molar-refractivity contribution is 7.11.